The van der Waals surface area contributed by atoms with E-state index in [9.17, 15) is 43.5 Å². The number of rotatable bonds is 62. The van der Waals surface area contributed by atoms with Gasteiger partial charge < -0.3 is 34.2 Å². The van der Waals surface area contributed by atoms with Crippen LogP contribution in [0.25, 0.3) is 0 Å². The van der Waals surface area contributed by atoms with Crippen molar-refractivity contribution >= 4 is 33.6 Å². The zero-order valence-electron chi connectivity index (χ0n) is 55.7. The second-order valence-electron chi connectivity index (χ2n) is 21.8. The third kappa shape index (κ3) is 66.4. The first kappa shape index (κ1) is 86.2. The molecular formula is C73H118O16P2. The van der Waals surface area contributed by atoms with Gasteiger partial charge in [0, 0.05) is 19.3 Å². The van der Waals surface area contributed by atoms with Gasteiger partial charge in [-0.05, 0) is 141 Å². The molecule has 0 fully saturated rings. The summed E-state index contributed by atoms with van der Waals surface area (Å²) in [6, 6.07) is 0. The summed E-state index contributed by atoms with van der Waals surface area (Å²) in [5.41, 5.74) is 0. The topological polar surface area (TPSA) is 231 Å². The summed E-state index contributed by atoms with van der Waals surface area (Å²) in [7, 11) is -9.81. The first-order chi connectivity index (χ1) is 44.2. The number of aliphatic hydroxyl groups is 2. The van der Waals surface area contributed by atoms with Crippen LogP contribution in [0, 0.1) is 0 Å². The molecule has 0 aliphatic carbocycles. The van der Waals surface area contributed by atoms with Gasteiger partial charge in [0.1, 0.15) is 25.4 Å². The lowest BCUT2D eigenvalue weighted by molar-refractivity contribution is -0.161. The Bertz CT molecular complexity index is 2290. The number of carbonyl (C=O) groups excluding carboxylic acids is 3. The van der Waals surface area contributed by atoms with Gasteiger partial charge in [0.2, 0.25) is 0 Å². The summed E-state index contributed by atoms with van der Waals surface area (Å²) in [4.78, 5) is 58.4. The predicted molar refractivity (Wildman–Crippen MR) is 371 cm³/mol. The first-order valence-corrected chi connectivity index (χ1v) is 36.8. The van der Waals surface area contributed by atoms with Crippen molar-refractivity contribution < 1.29 is 75.8 Å². The van der Waals surface area contributed by atoms with Crippen LogP contribution in [-0.2, 0) is 55.8 Å². The molecule has 0 heterocycles. The minimum absolute atomic E-state index is 0.0729. The second kappa shape index (κ2) is 65.2. The van der Waals surface area contributed by atoms with Gasteiger partial charge in [0.15, 0.2) is 6.10 Å². The normalized spacial score (nSPS) is 15.2. The maximum atomic E-state index is 12.9. The molecule has 18 heteroatoms. The highest BCUT2D eigenvalue weighted by Gasteiger charge is 2.29. The fourth-order valence-electron chi connectivity index (χ4n) is 8.16. The van der Waals surface area contributed by atoms with Crippen LogP contribution in [0.15, 0.2) is 158 Å². The number of phosphoric ester groups is 2. The van der Waals surface area contributed by atoms with Gasteiger partial charge >= 0.3 is 33.6 Å². The van der Waals surface area contributed by atoms with Crippen LogP contribution in [-0.4, -0.2) is 95.9 Å². The maximum Gasteiger partial charge on any atom is 0.472 e. The van der Waals surface area contributed by atoms with E-state index in [1.807, 2.05) is 0 Å². The molecule has 0 aromatic heterocycles. The summed E-state index contributed by atoms with van der Waals surface area (Å²) >= 11 is 0. The standard InChI is InChI=1S/C73H118O16P2/c1-4-7-10-13-16-19-22-25-28-30-31-32-33-34-35-37-40-41-44-47-50-53-56-59-71(76)83-62-68(74)63-85-90(79,80)86-64-69(75)65-87-91(81,82)88-67-70(89-73(78)61-58-55-52-49-46-43-38-27-24-21-18-15-12-9-6-3)66-84-72(77)60-57-54-51-48-45-42-39-36-29-26-23-20-17-14-11-8-5-2/h7-12,16-21,25-29,31-32,34-35,38-42,68-70,74-75H,4-6,13-15,22-24,30,33,36-37,43-67H2,1-3H3,(H,79,80)(H,81,82)/b10-7-,11-8-,12-9-,19-16-,20-17-,21-18-,28-25-,29-26-,32-31-,35-34-,38-27-,41-40-,42-39-. The minimum Gasteiger partial charge on any atom is -0.463 e. The van der Waals surface area contributed by atoms with Crippen LogP contribution in [0.3, 0.4) is 0 Å². The molecule has 0 saturated carbocycles. The molecule has 0 aliphatic rings. The van der Waals surface area contributed by atoms with Gasteiger partial charge in [0.05, 0.1) is 26.4 Å². The lowest BCUT2D eigenvalue weighted by Gasteiger charge is -2.21. The lowest BCUT2D eigenvalue weighted by atomic mass is 10.1. The second-order valence-corrected chi connectivity index (χ2v) is 24.7. The molecule has 0 spiro atoms. The SMILES string of the molecule is CC/C=C\C/C=C\C/C=C\C/C=C\C/C=C\C/C=C\CCCCCCC(=O)OCC(O)COP(=O)(O)OCC(O)COP(=O)(O)OCC(COC(=O)CCCCCC/C=C\C/C=C\C/C=C\C/C=C\CC)OC(=O)CCCCCCC/C=C\C/C=C\C/C=C\CC. The van der Waals surface area contributed by atoms with Crippen molar-refractivity contribution in [3.63, 3.8) is 0 Å². The highest BCUT2D eigenvalue weighted by Crippen LogP contribution is 2.45. The number of unbranched alkanes of at least 4 members (excludes halogenated alkanes) is 13. The fourth-order valence-corrected chi connectivity index (χ4v) is 9.75. The Morgan fingerprint density at radius 1 is 0.308 bits per heavy atom. The monoisotopic (exact) mass is 1310 g/mol. The van der Waals surface area contributed by atoms with Crippen molar-refractivity contribution in [3.8, 4) is 0 Å². The van der Waals surface area contributed by atoms with E-state index in [0.29, 0.717) is 19.3 Å². The number of allylic oxidation sites excluding steroid dienone is 26. The summed E-state index contributed by atoms with van der Waals surface area (Å²) in [5.74, 6) is -1.66. The van der Waals surface area contributed by atoms with Gasteiger partial charge in [0.25, 0.3) is 0 Å². The van der Waals surface area contributed by atoms with Crippen molar-refractivity contribution in [1.29, 1.82) is 0 Å². The Hall–Kier alpha value is -4.83. The minimum atomic E-state index is -4.94. The van der Waals surface area contributed by atoms with E-state index in [0.717, 1.165) is 167 Å². The smallest absolute Gasteiger partial charge is 0.463 e. The zero-order valence-corrected chi connectivity index (χ0v) is 57.5. The fraction of sp³-hybridized carbons (Fsp3) is 0.603. The molecule has 0 aromatic carbocycles. The molecule has 0 rings (SSSR count). The van der Waals surface area contributed by atoms with Crippen molar-refractivity contribution in [2.45, 2.75) is 245 Å². The number of hydrogen-bond acceptors (Lipinski definition) is 14. The van der Waals surface area contributed by atoms with Crippen LogP contribution in [0.1, 0.15) is 226 Å². The first-order valence-electron chi connectivity index (χ1n) is 33.8. The third-order valence-electron chi connectivity index (χ3n) is 13.2. The molecule has 0 aromatic rings. The van der Waals surface area contributed by atoms with Crippen LogP contribution in [0.2, 0.25) is 0 Å². The van der Waals surface area contributed by atoms with Crippen LogP contribution >= 0.6 is 15.6 Å². The molecule has 0 bridgehead atoms. The molecule has 4 N–H and O–H groups in total. The van der Waals surface area contributed by atoms with E-state index in [2.05, 4.69) is 179 Å². The number of carbonyl (C=O) groups is 3. The van der Waals surface area contributed by atoms with E-state index in [-0.39, 0.29) is 19.3 Å². The largest absolute Gasteiger partial charge is 0.472 e. The average Bonchev–Trinajstić information content (AvgIpc) is 3.63. The number of aliphatic hydroxyl groups excluding tert-OH is 2. The van der Waals surface area contributed by atoms with E-state index in [4.69, 9.17) is 32.3 Å². The molecule has 0 radical (unpaired) electrons. The van der Waals surface area contributed by atoms with Crippen LogP contribution in [0.5, 0.6) is 0 Å². The molecular weight excluding hydrogens is 1190 g/mol. The van der Waals surface area contributed by atoms with E-state index < -0.39 is 91.5 Å². The Labute approximate surface area is 549 Å². The number of ether oxygens (including phenoxy) is 3. The number of esters is 3. The molecule has 0 aliphatic heterocycles. The Kier molecular flexibility index (Phi) is 61.8. The lowest BCUT2D eigenvalue weighted by Crippen LogP contribution is -2.30. The highest BCUT2D eigenvalue weighted by molar-refractivity contribution is 7.47. The summed E-state index contributed by atoms with van der Waals surface area (Å²) in [6.45, 7) is 2.21. The van der Waals surface area contributed by atoms with Gasteiger partial charge in [-0.2, -0.15) is 0 Å². The van der Waals surface area contributed by atoms with Gasteiger partial charge in [-0.15, -0.1) is 0 Å². The van der Waals surface area contributed by atoms with Crippen molar-refractivity contribution in [2.75, 3.05) is 39.6 Å². The van der Waals surface area contributed by atoms with Crippen molar-refractivity contribution in [3.05, 3.63) is 158 Å². The molecule has 516 valence electrons. The van der Waals surface area contributed by atoms with Gasteiger partial charge in [-0.25, -0.2) is 9.13 Å². The van der Waals surface area contributed by atoms with Gasteiger partial charge in [-0.3, -0.25) is 32.5 Å². The van der Waals surface area contributed by atoms with Crippen molar-refractivity contribution in [2.24, 2.45) is 0 Å². The van der Waals surface area contributed by atoms with Crippen LogP contribution < -0.4 is 0 Å². The molecule has 5 unspecified atom stereocenters. The Morgan fingerprint density at radius 3 is 0.868 bits per heavy atom. The predicted octanol–water partition coefficient (Wildman–Crippen LogP) is 18.7. The van der Waals surface area contributed by atoms with Crippen LogP contribution in [0.4, 0.5) is 0 Å². The average molecular weight is 1310 g/mol. The number of hydrogen-bond donors (Lipinski definition) is 4. The molecule has 0 amide bonds. The number of phosphoric acid groups is 2. The zero-order chi connectivity index (χ0) is 66.7. The van der Waals surface area contributed by atoms with Gasteiger partial charge in [-0.1, -0.05) is 224 Å². The highest BCUT2D eigenvalue weighted by atomic mass is 31.2. The van der Waals surface area contributed by atoms with E-state index >= 15 is 0 Å². The summed E-state index contributed by atoms with van der Waals surface area (Å²) in [6.07, 6.45) is 78.7. The molecule has 91 heavy (non-hydrogen) atoms. The Morgan fingerprint density at radius 2 is 0.549 bits per heavy atom. The van der Waals surface area contributed by atoms with Crippen molar-refractivity contribution in [1.82, 2.24) is 0 Å². The van der Waals surface area contributed by atoms with E-state index in [1.165, 1.54) is 0 Å². The molecule has 5 atom stereocenters. The Balaban J connectivity index is 4.71. The molecule has 0 saturated heterocycles. The third-order valence-corrected chi connectivity index (χ3v) is 15.1. The summed E-state index contributed by atoms with van der Waals surface area (Å²) in [5, 5.41) is 20.5. The maximum absolute atomic E-state index is 12.9. The quantitative estimate of drug-likeness (QED) is 0.0146. The summed E-state index contributed by atoms with van der Waals surface area (Å²) < 4.78 is 60.8. The molecule has 16 nitrogen and oxygen atoms in total. The van der Waals surface area contributed by atoms with E-state index in [1.54, 1.807) is 0 Å².